The molecule has 2 heterocycles. The molecule has 2 heteroatoms. The summed E-state index contributed by atoms with van der Waals surface area (Å²) in [4.78, 5) is 0. The second-order valence-corrected chi connectivity index (χ2v) is 19.4. The van der Waals surface area contributed by atoms with E-state index in [1.54, 1.807) is 33.7 Å². The lowest BCUT2D eigenvalue weighted by Gasteiger charge is -2.60. The van der Waals surface area contributed by atoms with Gasteiger partial charge in [0.1, 0.15) is 0 Å². The van der Waals surface area contributed by atoms with Gasteiger partial charge in [0, 0.05) is 22.5 Å². The Kier molecular flexibility index (Phi) is 4.00. The summed E-state index contributed by atoms with van der Waals surface area (Å²) in [7, 11) is 0. The first kappa shape index (κ1) is 24.4. The van der Waals surface area contributed by atoms with Gasteiger partial charge in [-0.2, -0.15) is 0 Å². The molecule has 4 atom stereocenters. The highest BCUT2D eigenvalue weighted by Gasteiger charge is 2.72. The topological polar surface area (TPSA) is 6.48 Å². The lowest BCUT2D eigenvalue weighted by molar-refractivity contribution is -0.126. The van der Waals surface area contributed by atoms with Crippen molar-refractivity contribution in [3.63, 3.8) is 0 Å². The second kappa shape index (κ2) is 6.23. The Hall–Kier alpha value is -1.44. The minimum Gasteiger partial charge on any atom is -0.278 e. The zero-order valence-electron chi connectivity index (χ0n) is 26.1. The molecular weight excluding hydrogens is 460 g/mol. The van der Waals surface area contributed by atoms with Gasteiger partial charge in [0.2, 0.25) is 0 Å². The smallest absolute Gasteiger partial charge is 0.0893 e. The van der Waals surface area contributed by atoms with E-state index in [-0.39, 0.29) is 21.9 Å². The van der Waals surface area contributed by atoms with Crippen LogP contribution in [0.1, 0.15) is 133 Å². The Balaban J connectivity index is 1.46. The SMILES string of the molecule is CC1(C)CC2=CC3(C)CC(C)(C)CC4(C3)C2=C(C1)N1N4C2=C3C(=CC4(C)CC(C)(C)CC31C4)CC(C)(C)C2. The van der Waals surface area contributed by atoms with Crippen molar-refractivity contribution >= 4 is 0 Å². The molecule has 206 valence electrons. The van der Waals surface area contributed by atoms with Crippen molar-refractivity contribution in [2.24, 2.45) is 32.5 Å². The van der Waals surface area contributed by atoms with Gasteiger partial charge in [-0.15, -0.1) is 0 Å². The Morgan fingerprint density at radius 1 is 0.447 bits per heavy atom. The molecule has 0 radical (unpaired) electrons. The van der Waals surface area contributed by atoms with Gasteiger partial charge in [-0.3, -0.25) is 10.0 Å². The molecule has 6 aliphatic carbocycles. The fraction of sp³-hybridized carbons (Fsp3) is 0.778. The van der Waals surface area contributed by atoms with Crippen LogP contribution < -0.4 is 0 Å². The van der Waals surface area contributed by atoms with Gasteiger partial charge in [-0.05, 0) is 108 Å². The molecule has 0 N–H and O–H groups in total. The quantitative estimate of drug-likeness (QED) is 0.319. The first-order valence-corrected chi connectivity index (χ1v) is 15.8. The summed E-state index contributed by atoms with van der Waals surface area (Å²) in [6, 6.07) is 0. The third kappa shape index (κ3) is 2.86. The number of hydrogen-bond acceptors (Lipinski definition) is 2. The minimum atomic E-state index is 0.136. The molecule has 4 bridgehead atoms. The minimum absolute atomic E-state index is 0.136. The molecule has 8 aliphatic rings. The second-order valence-electron chi connectivity index (χ2n) is 19.4. The first-order valence-electron chi connectivity index (χ1n) is 15.8. The van der Waals surface area contributed by atoms with Crippen LogP contribution in [-0.2, 0) is 0 Å². The van der Waals surface area contributed by atoms with E-state index in [1.807, 2.05) is 0 Å². The number of rotatable bonds is 0. The van der Waals surface area contributed by atoms with Crippen LogP contribution in [0.3, 0.4) is 0 Å². The molecule has 2 aliphatic heterocycles. The van der Waals surface area contributed by atoms with Crippen molar-refractivity contribution in [3.8, 4) is 0 Å². The third-order valence-electron chi connectivity index (χ3n) is 12.0. The molecule has 0 aromatic heterocycles. The maximum Gasteiger partial charge on any atom is 0.0893 e. The van der Waals surface area contributed by atoms with E-state index in [0.29, 0.717) is 21.7 Å². The molecule has 2 nitrogen and oxygen atoms in total. The van der Waals surface area contributed by atoms with Crippen molar-refractivity contribution in [1.82, 2.24) is 10.0 Å². The number of nitrogens with zero attached hydrogens (tertiary/aromatic N) is 2. The van der Waals surface area contributed by atoms with Crippen LogP contribution in [0.5, 0.6) is 0 Å². The summed E-state index contributed by atoms with van der Waals surface area (Å²) in [6.45, 7) is 25.7. The lowest BCUT2D eigenvalue weighted by Crippen LogP contribution is -2.63. The van der Waals surface area contributed by atoms with Gasteiger partial charge in [0.05, 0.1) is 11.1 Å². The molecule has 38 heavy (non-hydrogen) atoms. The fourth-order valence-corrected chi connectivity index (χ4v) is 13.1. The third-order valence-corrected chi connectivity index (χ3v) is 12.0. The molecule has 8 rings (SSSR count). The molecule has 4 unspecified atom stereocenters. The molecule has 0 amide bonds. The van der Waals surface area contributed by atoms with Gasteiger partial charge in [0.15, 0.2) is 0 Å². The number of fused-ring (bicyclic) bond motifs is 5. The summed E-state index contributed by atoms with van der Waals surface area (Å²) in [6.07, 6.45) is 18.4. The van der Waals surface area contributed by atoms with Crippen LogP contribution in [0.4, 0.5) is 0 Å². The summed E-state index contributed by atoms with van der Waals surface area (Å²) in [5.74, 6) is 0. The zero-order chi connectivity index (χ0) is 27.1. The van der Waals surface area contributed by atoms with Crippen molar-refractivity contribution in [1.29, 1.82) is 0 Å². The molecule has 2 spiro atoms. The van der Waals surface area contributed by atoms with E-state index < -0.39 is 0 Å². The maximum absolute atomic E-state index is 3.07. The summed E-state index contributed by atoms with van der Waals surface area (Å²) in [5, 5.41) is 6.14. The van der Waals surface area contributed by atoms with Crippen molar-refractivity contribution in [2.75, 3.05) is 0 Å². The summed E-state index contributed by atoms with van der Waals surface area (Å²) < 4.78 is 0. The van der Waals surface area contributed by atoms with Crippen LogP contribution in [0.2, 0.25) is 0 Å². The molecule has 0 saturated heterocycles. The normalized spacial score (nSPS) is 45.8. The highest BCUT2D eigenvalue weighted by Crippen LogP contribution is 2.75. The molecule has 0 aromatic carbocycles. The highest BCUT2D eigenvalue weighted by molar-refractivity contribution is 5.63. The van der Waals surface area contributed by atoms with E-state index in [2.05, 4.69) is 91.4 Å². The van der Waals surface area contributed by atoms with Gasteiger partial charge in [0.25, 0.3) is 0 Å². The Morgan fingerprint density at radius 2 is 0.816 bits per heavy atom. The Morgan fingerprint density at radius 3 is 1.18 bits per heavy atom. The van der Waals surface area contributed by atoms with Crippen molar-refractivity contribution in [2.45, 2.75) is 145 Å². The van der Waals surface area contributed by atoms with Gasteiger partial charge in [-0.25, -0.2) is 0 Å². The predicted octanol–water partition coefficient (Wildman–Crippen LogP) is 9.47. The highest BCUT2D eigenvalue weighted by atomic mass is 15.7. The van der Waals surface area contributed by atoms with Gasteiger partial charge < -0.3 is 0 Å². The predicted molar refractivity (Wildman–Crippen MR) is 157 cm³/mol. The number of hydrazine groups is 1. The summed E-state index contributed by atoms with van der Waals surface area (Å²) >= 11 is 0. The molecule has 2 fully saturated rings. The summed E-state index contributed by atoms with van der Waals surface area (Å²) in [5.41, 5.74) is 12.7. The van der Waals surface area contributed by atoms with Gasteiger partial charge in [-0.1, -0.05) is 81.4 Å². The number of hydrogen-bond donors (Lipinski definition) is 0. The van der Waals surface area contributed by atoms with Crippen molar-refractivity contribution in [3.05, 3.63) is 45.8 Å². The van der Waals surface area contributed by atoms with E-state index in [4.69, 9.17) is 0 Å². The first-order chi connectivity index (χ1) is 17.3. The average Bonchev–Trinajstić information content (AvgIpc) is 3.04. The standard InChI is InChI=1S/C36H52N2/c1-29(2)11-23-13-33(9)17-31(5,6)19-35(21-33)27(23)25(15-29)37-36-20-32(7,8)18-34(10,22-36)14-24-12-30(3,4)16-26(28(24)36)38(35)37/h13-14H,11-12,15-22H2,1-10H3. The zero-order valence-corrected chi connectivity index (χ0v) is 26.1. The van der Waals surface area contributed by atoms with Crippen molar-refractivity contribution < 1.29 is 0 Å². The monoisotopic (exact) mass is 512 g/mol. The number of allylic oxidation sites excluding steroid dienone is 4. The van der Waals surface area contributed by atoms with Crippen LogP contribution in [0, 0.1) is 32.5 Å². The van der Waals surface area contributed by atoms with E-state index in [0.717, 1.165) is 0 Å². The lowest BCUT2D eigenvalue weighted by atomic mass is 9.49. The average molecular weight is 513 g/mol. The Bertz CT molecular complexity index is 1230. The van der Waals surface area contributed by atoms with Crippen LogP contribution >= 0.6 is 0 Å². The van der Waals surface area contributed by atoms with Crippen LogP contribution in [0.15, 0.2) is 45.8 Å². The molecule has 2 saturated carbocycles. The van der Waals surface area contributed by atoms with Gasteiger partial charge >= 0.3 is 0 Å². The largest absolute Gasteiger partial charge is 0.278 e. The maximum atomic E-state index is 3.07. The molecular formula is C36H52N2. The fourth-order valence-electron chi connectivity index (χ4n) is 13.1. The van der Waals surface area contributed by atoms with E-state index in [9.17, 15) is 0 Å². The van der Waals surface area contributed by atoms with E-state index >= 15 is 0 Å². The van der Waals surface area contributed by atoms with Crippen LogP contribution in [0.25, 0.3) is 0 Å². The van der Waals surface area contributed by atoms with Crippen LogP contribution in [-0.4, -0.2) is 21.1 Å². The Labute approximate surface area is 232 Å². The molecule has 0 aromatic rings. The van der Waals surface area contributed by atoms with E-state index in [1.165, 1.54) is 64.2 Å².